The van der Waals surface area contributed by atoms with E-state index in [4.69, 9.17) is 5.73 Å². The summed E-state index contributed by atoms with van der Waals surface area (Å²) < 4.78 is 1.91. The molecule has 0 aliphatic rings. The van der Waals surface area contributed by atoms with E-state index in [2.05, 4.69) is 22.0 Å². The molecule has 1 unspecified atom stereocenters. The predicted octanol–water partition coefficient (Wildman–Crippen LogP) is 1.44. The zero-order valence-electron chi connectivity index (χ0n) is 10.2. The van der Waals surface area contributed by atoms with Gasteiger partial charge in [0.05, 0.1) is 5.69 Å². The minimum absolute atomic E-state index is 0.315. The maximum Gasteiger partial charge on any atom is 0.151 e. The fraction of sp³-hybridized carbons (Fsp3) is 0.417. The van der Waals surface area contributed by atoms with Crippen LogP contribution in [-0.2, 0) is 6.54 Å². The maximum atomic E-state index is 6.16. The molecule has 0 saturated carbocycles. The average Bonchev–Trinajstić information content (AvgIpc) is 2.78. The van der Waals surface area contributed by atoms with Gasteiger partial charge in [0.2, 0.25) is 0 Å². The van der Waals surface area contributed by atoms with Gasteiger partial charge in [-0.1, -0.05) is 6.92 Å². The molecule has 2 N–H and O–H groups in total. The van der Waals surface area contributed by atoms with Crippen LogP contribution in [0.5, 0.6) is 0 Å². The van der Waals surface area contributed by atoms with E-state index in [1.807, 2.05) is 17.7 Å². The molecule has 2 aromatic heterocycles. The van der Waals surface area contributed by atoms with Crippen molar-refractivity contribution in [3.8, 4) is 0 Å². The van der Waals surface area contributed by atoms with Crippen LogP contribution in [0.2, 0.25) is 0 Å². The van der Waals surface area contributed by atoms with Crippen molar-refractivity contribution in [3.05, 3.63) is 41.7 Å². The Kier molecular flexibility index (Phi) is 3.49. The van der Waals surface area contributed by atoms with Gasteiger partial charge in [-0.25, -0.2) is 9.97 Å². The average molecular weight is 231 g/mol. The van der Waals surface area contributed by atoms with Crippen molar-refractivity contribution < 1.29 is 0 Å². The summed E-state index contributed by atoms with van der Waals surface area (Å²) in [6.07, 6.45) is 6.35. The van der Waals surface area contributed by atoms with Gasteiger partial charge < -0.3 is 5.73 Å². The highest BCUT2D eigenvalue weighted by molar-refractivity contribution is 5.16. The van der Waals surface area contributed by atoms with Crippen LogP contribution < -0.4 is 5.73 Å². The molecule has 0 saturated heterocycles. The lowest BCUT2D eigenvalue weighted by atomic mass is 10.2. The number of hydrogen-bond acceptors (Lipinski definition) is 4. The number of hydrogen-bond donors (Lipinski definition) is 1. The minimum atomic E-state index is -0.315. The number of aryl methyl sites for hydroxylation is 2. The summed E-state index contributed by atoms with van der Waals surface area (Å²) in [5.74, 6) is 0.633. The Morgan fingerprint density at radius 3 is 2.71 bits per heavy atom. The van der Waals surface area contributed by atoms with Crippen LogP contribution in [-0.4, -0.2) is 19.7 Å². The molecule has 0 bridgehead atoms. The lowest BCUT2D eigenvalue weighted by Crippen LogP contribution is -2.20. The first-order valence-electron chi connectivity index (χ1n) is 5.78. The zero-order chi connectivity index (χ0) is 12.3. The number of rotatable bonds is 4. The number of nitrogens with zero attached hydrogens (tertiary/aromatic N) is 4. The largest absolute Gasteiger partial charge is 0.316 e. The summed E-state index contributed by atoms with van der Waals surface area (Å²) in [7, 11) is 0. The van der Waals surface area contributed by atoms with Gasteiger partial charge in [-0.2, -0.15) is 5.10 Å². The quantitative estimate of drug-likeness (QED) is 0.864. The normalized spacial score (nSPS) is 12.6. The molecule has 5 heteroatoms. The number of nitrogens with two attached hydrogens (primary N) is 1. The number of aromatic nitrogens is 4. The molecule has 1 atom stereocenters. The molecule has 0 amide bonds. The van der Waals surface area contributed by atoms with Crippen molar-refractivity contribution in [1.29, 1.82) is 0 Å². The molecule has 2 rings (SSSR count). The Morgan fingerprint density at radius 1 is 1.35 bits per heavy atom. The van der Waals surface area contributed by atoms with E-state index in [9.17, 15) is 0 Å². The van der Waals surface area contributed by atoms with Crippen molar-refractivity contribution in [3.63, 3.8) is 0 Å². The van der Waals surface area contributed by atoms with Gasteiger partial charge >= 0.3 is 0 Å². The van der Waals surface area contributed by atoms with Crippen molar-refractivity contribution in [2.45, 2.75) is 32.9 Å². The van der Waals surface area contributed by atoms with Crippen LogP contribution in [0, 0.1) is 6.92 Å². The summed E-state index contributed by atoms with van der Waals surface area (Å²) in [5, 5.41) is 4.25. The lowest BCUT2D eigenvalue weighted by Gasteiger charge is -2.12. The topological polar surface area (TPSA) is 69.6 Å². The van der Waals surface area contributed by atoms with E-state index in [0.29, 0.717) is 5.82 Å². The molecular weight excluding hydrogens is 214 g/mol. The van der Waals surface area contributed by atoms with E-state index in [1.54, 1.807) is 18.6 Å². The van der Waals surface area contributed by atoms with Crippen LogP contribution in [0.25, 0.3) is 0 Å². The van der Waals surface area contributed by atoms with Crippen LogP contribution in [0.4, 0.5) is 0 Å². The minimum Gasteiger partial charge on any atom is -0.316 e. The van der Waals surface area contributed by atoms with Crippen molar-refractivity contribution in [2.24, 2.45) is 5.73 Å². The third-order valence-corrected chi connectivity index (χ3v) is 2.58. The Labute approximate surface area is 101 Å². The SMILES string of the molecule is CCCn1nccc1C(N)c1ncc(C)cn1. The van der Waals surface area contributed by atoms with Crippen molar-refractivity contribution in [2.75, 3.05) is 0 Å². The Morgan fingerprint density at radius 2 is 2.06 bits per heavy atom. The van der Waals surface area contributed by atoms with Crippen LogP contribution >= 0.6 is 0 Å². The smallest absolute Gasteiger partial charge is 0.151 e. The van der Waals surface area contributed by atoms with E-state index in [0.717, 1.165) is 24.2 Å². The molecule has 0 radical (unpaired) electrons. The van der Waals surface area contributed by atoms with E-state index in [-0.39, 0.29) is 6.04 Å². The fourth-order valence-corrected chi connectivity index (χ4v) is 1.70. The van der Waals surface area contributed by atoms with Gasteiger partial charge in [0, 0.05) is 25.1 Å². The van der Waals surface area contributed by atoms with Gasteiger partial charge in [-0.05, 0) is 25.0 Å². The van der Waals surface area contributed by atoms with Crippen LogP contribution in [0.1, 0.15) is 36.5 Å². The molecule has 2 heterocycles. The summed E-state index contributed by atoms with van der Waals surface area (Å²) in [6, 6.07) is 1.61. The first-order chi connectivity index (χ1) is 8.22. The van der Waals surface area contributed by atoms with E-state index >= 15 is 0 Å². The highest BCUT2D eigenvalue weighted by Crippen LogP contribution is 2.15. The Balaban J connectivity index is 2.26. The van der Waals surface area contributed by atoms with Gasteiger partial charge in [0.1, 0.15) is 6.04 Å². The highest BCUT2D eigenvalue weighted by Gasteiger charge is 2.15. The molecular formula is C12H17N5. The molecule has 0 aromatic carbocycles. The van der Waals surface area contributed by atoms with Crippen molar-refractivity contribution in [1.82, 2.24) is 19.7 Å². The standard InChI is InChI=1S/C12H17N5/c1-3-6-17-10(4-5-16-17)11(13)12-14-7-9(2)8-15-12/h4-5,7-8,11H,3,6,13H2,1-2H3. The van der Waals surface area contributed by atoms with E-state index in [1.165, 1.54) is 0 Å². The van der Waals surface area contributed by atoms with Crippen molar-refractivity contribution >= 4 is 0 Å². The second-order valence-electron chi connectivity index (χ2n) is 4.08. The molecule has 90 valence electrons. The summed E-state index contributed by atoms with van der Waals surface area (Å²) in [4.78, 5) is 8.52. The van der Waals surface area contributed by atoms with Gasteiger partial charge in [0.15, 0.2) is 5.82 Å². The van der Waals surface area contributed by atoms with Gasteiger partial charge in [-0.3, -0.25) is 4.68 Å². The summed E-state index contributed by atoms with van der Waals surface area (Å²) >= 11 is 0. The first kappa shape index (κ1) is 11.7. The monoisotopic (exact) mass is 231 g/mol. The van der Waals surface area contributed by atoms with Crippen LogP contribution in [0.15, 0.2) is 24.7 Å². The second kappa shape index (κ2) is 5.05. The fourth-order valence-electron chi connectivity index (χ4n) is 1.70. The lowest BCUT2D eigenvalue weighted by molar-refractivity contribution is 0.552. The van der Waals surface area contributed by atoms with Gasteiger partial charge in [-0.15, -0.1) is 0 Å². The molecule has 0 fully saturated rings. The van der Waals surface area contributed by atoms with E-state index < -0.39 is 0 Å². The Hall–Kier alpha value is -1.75. The van der Waals surface area contributed by atoms with Gasteiger partial charge in [0.25, 0.3) is 0 Å². The third kappa shape index (κ3) is 2.50. The molecule has 0 aliphatic heterocycles. The molecule has 2 aromatic rings. The molecule has 0 aliphatic carbocycles. The molecule has 5 nitrogen and oxygen atoms in total. The summed E-state index contributed by atoms with van der Waals surface area (Å²) in [6.45, 7) is 4.93. The molecule has 0 spiro atoms. The predicted molar refractivity (Wildman–Crippen MR) is 65.3 cm³/mol. The maximum absolute atomic E-state index is 6.16. The second-order valence-corrected chi connectivity index (χ2v) is 4.08. The summed E-state index contributed by atoms with van der Waals surface area (Å²) in [5.41, 5.74) is 8.14. The zero-order valence-corrected chi connectivity index (χ0v) is 10.2. The van der Waals surface area contributed by atoms with Crippen LogP contribution in [0.3, 0.4) is 0 Å². The first-order valence-corrected chi connectivity index (χ1v) is 5.78. The third-order valence-electron chi connectivity index (χ3n) is 2.58. The molecule has 17 heavy (non-hydrogen) atoms. The Bertz CT molecular complexity index is 474. The highest BCUT2D eigenvalue weighted by atomic mass is 15.3.